The molecule has 108 valence electrons. The predicted molar refractivity (Wildman–Crippen MR) is 89.9 cm³/mol. The van der Waals surface area contributed by atoms with Gasteiger partial charge in [-0.3, -0.25) is 0 Å². The van der Waals surface area contributed by atoms with E-state index in [4.69, 9.17) is 0 Å². The molecular weight excluding hydrogens is 164 g/mol. The lowest BCUT2D eigenvalue weighted by Crippen LogP contribution is -0.290. The highest BCUT2D eigenvalue weighted by Gasteiger charge is -0.0675. The summed E-state index contributed by atoms with van der Waals surface area (Å²) in [4.78, 5) is 0. The molecule has 0 aliphatic heterocycles. The van der Waals surface area contributed by atoms with Crippen molar-refractivity contribution < 1.29 is 19.5 Å². The molecule has 0 aliphatic carbocycles. The topological polar surface area (TPSA) is 63.0 Å². The van der Waals surface area contributed by atoms with E-state index < -0.39 is 0 Å². The Morgan fingerprint density at radius 2 is 0.308 bits per heavy atom. The smallest absolute Gasteiger partial charge is 0.412 e. The molecule has 0 unspecified atom stereocenters. The first kappa shape index (κ1) is 287000. The van der Waals surface area contributed by atoms with E-state index in [1.807, 2.05) is 0 Å². The van der Waals surface area contributed by atoms with E-state index in [9.17, 15) is 0 Å². The van der Waals surface area contributed by atoms with Gasteiger partial charge < -0.3 is 11.0 Å². The van der Waals surface area contributed by atoms with Crippen LogP contribution in [0.25, 0.3) is 0 Å². The summed E-state index contributed by atoms with van der Waals surface area (Å²) in [5.74, 6) is 0. The highest BCUT2D eigenvalue weighted by atomic mass is 16.0. The van der Waals surface area contributed by atoms with Gasteiger partial charge in [0.25, 0.3) is 0 Å². The van der Waals surface area contributed by atoms with Crippen molar-refractivity contribution in [2.75, 3.05) is 0 Å². The molecule has 0 fully saturated rings. The molecule has 2 nitrogen and oxygen atoms in total. The molecule has 2 heteroatoms. The molecule has 0 aliphatic rings. The Hall–Kier alpha value is -0.0800. The molecular formula is C11H56O2+4. The SMILES string of the molecule is C.C.C.C.C.C.C.C.C.C.C.O.O.[H+].[H+].[H+].[H+].[HH].[HH]. The van der Waals surface area contributed by atoms with Crippen molar-refractivity contribution in [3.63, 3.8) is 0 Å². The van der Waals surface area contributed by atoms with Crippen LogP contribution in [0.2, 0.25) is 0 Å². The highest BCUT2D eigenvalue weighted by molar-refractivity contribution is 2.51. The normalized spacial score (nSPS) is 0. The Morgan fingerprint density at radius 3 is 0.308 bits per heavy atom. The summed E-state index contributed by atoms with van der Waals surface area (Å²) in [6.07, 6.45) is 0. The summed E-state index contributed by atoms with van der Waals surface area (Å²) in [7, 11) is 0. The van der Waals surface area contributed by atoms with Crippen LogP contribution in [-0.4, -0.2) is 11.0 Å². The van der Waals surface area contributed by atoms with E-state index in [1.54, 1.807) is 0 Å². The van der Waals surface area contributed by atoms with Crippen LogP contribution in [0.3, 0.4) is 0 Å². The van der Waals surface area contributed by atoms with Crippen molar-refractivity contribution in [3.05, 3.63) is 0 Å². The Labute approximate surface area is 102 Å². The molecule has 0 aromatic rings. The van der Waals surface area contributed by atoms with E-state index in [-0.39, 0.29) is 101 Å². The highest BCUT2D eigenvalue weighted by Crippen LogP contribution is 0.154. The minimum absolute atomic E-state index is 0. The van der Waals surface area contributed by atoms with Crippen molar-refractivity contribution in [1.82, 2.24) is 0 Å². The predicted octanol–water partition coefficient (Wildman–Crippen LogP) is 6.29. The molecule has 0 amide bonds. The zero-order valence-electron chi connectivity index (χ0n) is 5.00. The zero-order chi connectivity index (χ0) is 0. The van der Waals surface area contributed by atoms with Gasteiger partial charge in [-0.1, -0.05) is 81.7 Å². The Morgan fingerprint density at radius 1 is 0.308 bits per heavy atom. The Bertz CT molecular complexity index is 25.1. The van der Waals surface area contributed by atoms with E-state index in [1.165, 1.54) is 0 Å². The van der Waals surface area contributed by atoms with Crippen molar-refractivity contribution in [2.24, 2.45) is 0 Å². The molecule has 0 radical (unpaired) electrons. The fourth-order valence-corrected chi connectivity index (χ4v) is 0. The zero-order valence-corrected chi connectivity index (χ0v) is 1.00. The molecule has 0 heterocycles. The summed E-state index contributed by atoms with van der Waals surface area (Å²) < 4.78 is 0. The largest absolute Gasteiger partial charge is 1.00 e. The van der Waals surface area contributed by atoms with Crippen LogP contribution in [0.5, 0.6) is 0 Å². The molecule has 0 aromatic carbocycles. The lowest BCUT2D eigenvalue weighted by Gasteiger charge is -0.413. The molecule has 0 rings (SSSR count). The maximum atomic E-state index is 0. The minimum atomic E-state index is 0. The van der Waals surface area contributed by atoms with Gasteiger partial charge in [0, 0.05) is 2.85 Å². The van der Waals surface area contributed by atoms with Crippen LogP contribution >= 0.6 is 0 Å². The first-order chi connectivity index (χ1) is 0. The van der Waals surface area contributed by atoms with Gasteiger partial charge >= 0.3 is 5.71 Å². The van der Waals surface area contributed by atoms with Crippen LogP contribution < -0.4 is 0 Å². The molecule has 13 heavy (non-hydrogen) atoms. The second-order valence-electron chi connectivity index (χ2n) is 0. The quantitative estimate of drug-likeness (QED) is 0.460. The van der Waals surface area contributed by atoms with Crippen molar-refractivity contribution in [1.29, 1.82) is 0 Å². The van der Waals surface area contributed by atoms with Gasteiger partial charge in [0.05, 0.1) is 0 Å². The molecule has 0 saturated carbocycles. The van der Waals surface area contributed by atoms with Crippen molar-refractivity contribution in [3.8, 4) is 0 Å². The summed E-state index contributed by atoms with van der Waals surface area (Å²) >= 11 is 0. The molecule has 0 spiro atoms. The van der Waals surface area contributed by atoms with E-state index >= 15 is 0 Å². The third-order valence-electron chi connectivity index (χ3n) is 0. The van der Waals surface area contributed by atoms with Crippen LogP contribution in [0, 0.1) is 0 Å². The first-order valence-electron chi connectivity index (χ1n) is 0. The van der Waals surface area contributed by atoms with Gasteiger partial charge in [0.1, 0.15) is 0 Å². The summed E-state index contributed by atoms with van der Waals surface area (Å²) in [6, 6.07) is 0. The minimum Gasteiger partial charge on any atom is -0.412 e. The van der Waals surface area contributed by atoms with Gasteiger partial charge in [-0.2, -0.15) is 0 Å². The molecule has 4 N–H and O–H groups in total. The van der Waals surface area contributed by atoms with Gasteiger partial charge in [0.2, 0.25) is 0 Å². The number of hydrogen-bond donors (Lipinski definition) is 0. The molecule has 0 aromatic heterocycles. The maximum absolute atomic E-state index is 0. The Balaban J connectivity index is 0. The standard InChI is InChI=1S/11CH4.2H2O.2H2/h11*1H4;2*1H2;2*1H/p+4. The van der Waals surface area contributed by atoms with Crippen molar-refractivity contribution >= 4 is 0 Å². The van der Waals surface area contributed by atoms with Gasteiger partial charge in [-0.25, -0.2) is 0 Å². The fourth-order valence-electron chi connectivity index (χ4n) is 0. The van der Waals surface area contributed by atoms with Crippen LogP contribution in [0.1, 0.15) is 90.3 Å². The van der Waals surface area contributed by atoms with Gasteiger partial charge in [-0.05, 0) is 0 Å². The van der Waals surface area contributed by atoms with Gasteiger partial charge in [0.15, 0.2) is 0 Å². The Kier molecular flexibility index (Phi) is 4900000000. The van der Waals surface area contributed by atoms with E-state index in [2.05, 4.69) is 0 Å². The number of hydrogen-bond acceptors (Lipinski definition) is 0. The average molecular weight is 221 g/mol. The van der Waals surface area contributed by atoms with E-state index in [0.29, 0.717) is 0 Å². The van der Waals surface area contributed by atoms with Crippen LogP contribution in [0.4, 0.5) is 0 Å². The second kappa shape index (κ2) is 222000. The second-order valence-corrected chi connectivity index (χ2v) is 0. The summed E-state index contributed by atoms with van der Waals surface area (Å²) in [6.45, 7) is 0. The van der Waals surface area contributed by atoms with Gasteiger partial charge in [-0.15, -0.1) is 0 Å². The third kappa shape index (κ3) is 183000. The van der Waals surface area contributed by atoms with Crippen LogP contribution in [-0.2, 0) is 0 Å². The van der Waals surface area contributed by atoms with E-state index in [0.717, 1.165) is 0 Å². The van der Waals surface area contributed by atoms with Crippen molar-refractivity contribution in [2.45, 2.75) is 81.7 Å². The van der Waals surface area contributed by atoms with Crippen LogP contribution in [0.15, 0.2) is 0 Å². The molecule has 0 saturated heterocycles. The third-order valence-corrected chi connectivity index (χ3v) is 0. The lowest BCUT2D eigenvalue weighted by molar-refractivity contribution is 0.823. The monoisotopic (exact) mass is 220 g/mol. The summed E-state index contributed by atoms with van der Waals surface area (Å²) in [5, 5.41) is 0. The fraction of sp³-hybridized carbons (Fsp3) is 1.00. The average Bonchev–Trinajstić information content (AvgIpc) is 0. The summed E-state index contributed by atoms with van der Waals surface area (Å²) in [5.41, 5.74) is 0. The molecule has 0 atom stereocenters. The maximum Gasteiger partial charge on any atom is 1.00 e. The lowest BCUT2D eigenvalue weighted by atomic mass is 12.0. The first-order valence-corrected chi connectivity index (χ1v) is 0. The number of rotatable bonds is 0. The molecule has 0 bridgehead atoms.